The average Bonchev–Trinajstić information content (AvgIpc) is 2.59. The van der Waals surface area contributed by atoms with Gasteiger partial charge >= 0.3 is 0 Å². The van der Waals surface area contributed by atoms with Crippen LogP contribution >= 0.6 is 35.6 Å². The van der Waals surface area contributed by atoms with E-state index in [1.807, 2.05) is 13.8 Å². The number of hydrogen-bond donors (Lipinski definition) is 3. The van der Waals surface area contributed by atoms with Crippen molar-refractivity contribution in [3.8, 4) is 0 Å². The van der Waals surface area contributed by atoms with Gasteiger partial charge in [-0.25, -0.2) is 0 Å². The number of likely N-dealkylation sites (N-methyl/N-ethyl adjacent to an activating group) is 1. The van der Waals surface area contributed by atoms with Crippen molar-refractivity contribution in [2.75, 3.05) is 18.4 Å². The monoisotopic (exact) mass is 429 g/mol. The van der Waals surface area contributed by atoms with Gasteiger partial charge in [-0.2, -0.15) is 0 Å². The number of nitrogens with one attached hydrogen (secondary N) is 3. The predicted molar refractivity (Wildman–Crippen MR) is 114 cm³/mol. The van der Waals surface area contributed by atoms with Crippen LogP contribution in [0.4, 0.5) is 5.69 Å². The molecule has 0 bridgehead atoms. The Hall–Kier alpha value is -1.79. The third kappa shape index (κ3) is 7.39. The van der Waals surface area contributed by atoms with Gasteiger partial charge in [0, 0.05) is 39.4 Å². The van der Waals surface area contributed by atoms with E-state index in [0.717, 1.165) is 6.54 Å². The number of rotatable bonds is 7. The van der Waals surface area contributed by atoms with Crippen LogP contribution in [0.2, 0.25) is 10.0 Å². The summed E-state index contributed by atoms with van der Waals surface area (Å²) in [7, 11) is 0. The van der Waals surface area contributed by atoms with E-state index in [1.165, 1.54) is 12.1 Å². The minimum absolute atomic E-state index is 0. The fraction of sp³-hybridized carbons (Fsp3) is 0.263. The summed E-state index contributed by atoms with van der Waals surface area (Å²) in [5.41, 5.74) is 1.46. The van der Waals surface area contributed by atoms with Gasteiger partial charge in [-0.15, -0.1) is 12.4 Å². The number of benzene rings is 2. The zero-order valence-electron chi connectivity index (χ0n) is 15.0. The number of hydrogen-bond acceptors (Lipinski definition) is 3. The summed E-state index contributed by atoms with van der Waals surface area (Å²) in [5, 5.41) is 9.62. The van der Waals surface area contributed by atoms with Crippen LogP contribution in [0.15, 0.2) is 42.5 Å². The highest BCUT2D eigenvalue weighted by Crippen LogP contribution is 2.20. The Morgan fingerprint density at radius 1 is 0.963 bits per heavy atom. The van der Waals surface area contributed by atoms with Gasteiger partial charge in [0.25, 0.3) is 11.8 Å². The summed E-state index contributed by atoms with van der Waals surface area (Å²) in [5.74, 6) is -0.486. The molecule has 0 saturated heterocycles. The highest BCUT2D eigenvalue weighted by Gasteiger charge is 2.10. The molecular weight excluding hydrogens is 409 g/mol. The van der Waals surface area contributed by atoms with Gasteiger partial charge in [0.2, 0.25) is 0 Å². The van der Waals surface area contributed by atoms with Crippen molar-refractivity contribution in [3.05, 3.63) is 63.6 Å². The summed E-state index contributed by atoms with van der Waals surface area (Å²) in [6.45, 7) is 5.41. The van der Waals surface area contributed by atoms with E-state index in [9.17, 15) is 9.59 Å². The Morgan fingerprint density at radius 3 is 2.11 bits per heavy atom. The molecule has 3 N–H and O–H groups in total. The molecule has 5 nitrogen and oxygen atoms in total. The van der Waals surface area contributed by atoms with Crippen molar-refractivity contribution >= 4 is 53.1 Å². The van der Waals surface area contributed by atoms with E-state index in [2.05, 4.69) is 16.0 Å². The van der Waals surface area contributed by atoms with Gasteiger partial charge in [0.1, 0.15) is 0 Å². The van der Waals surface area contributed by atoms with Gasteiger partial charge in [-0.3, -0.25) is 9.59 Å². The highest BCUT2D eigenvalue weighted by atomic mass is 35.5. The van der Waals surface area contributed by atoms with Crippen LogP contribution in [-0.4, -0.2) is 30.9 Å². The first kappa shape index (κ1) is 23.2. The van der Waals surface area contributed by atoms with E-state index in [-0.39, 0.29) is 30.3 Å². The van der Waals surface area contributed by atoms with E-state index < -0.39 is 0 Å². The second kappa shape index (κ2) is 11.1. The molecule has 2 amide bonds. The summed E-state index contributed by atoms with van der Waals surface area (Å²) < 4.78 is 0. The Bertz CT molecular complexity index is 762. The lowest BCUT2D eigenvalue weighted by atomic mass is 10.1. The minimum Gasteiger partial charge on any atom is -0.350 e. The third-order valence-corrected chi connectivity index (χ3v) is 4.09. The molecule has 8 heteroatoms. The van der Waals surface area contributed by atoms with Crippen molar-refractivity contribution in [1.29, 1.82) is 0 Å². The molecule has 0 spiro atoms. The largest absolute Gasteiger partial charge is 0.350 e. The number of carbonyl (C=O) groups is 2. The maximum atomic E-state index is 12.3. The Labute approximate surface area is 175 Å². The van der Waals surface area contributed by atoms with Crippen LogP contribution in [0.3, 0.4) is 0 Å². The van der Waals surface area contributed by atoms with E-state index >= 15 is 0 Å². The Morgan fingerprint density at radius 2 is 1.56 bits per heavy atom. The van der Waals surface area contributed by atoms with Crippen molar-refractivity contribution < 1.29 is 9.59 Å². The second-order valence-corrected chi connectivity index (χ2v) is 6.73. The lowest BCUT2D eigenvalue weighted by Gasteiger charge is -2.13. The van der Waals surface area contributed by atoms with Gasteiger partial charge in [-0.1, -0.05) is 30.1 Å². The van der Waals surface area contributed by atoms with Gasteiger partial charge in [0.05, 0.1) is 0 Å². The Balaban J connectivity index is 0.00000364. The fourth-order valence-corrected chi connectivity index (χ4v) is 2.89. The molecule has 0 unspecified atom stereocenters. The van der Waals surface area contributed by atoms with Gasteiger partial charge < -0.3 is 16.0 Å². The fourth-order valence-electron chi connectivity index (χ4n) is 2.36. The molecule has 0 aliphatic rings. The smallest absolute Gasteiger partial charge is 0.255 e. The van der Waals surface area contributed by atoms with Crippen LogP contribution in [-0.2, 0) is 0 Å². The predicted octanol–water partition coefficient (Wildman–Crippen LogP) is 4.40. The van der Waals surface area contributed by atoms with Crippen molar-refractivity contribution in [2.45, 2.75) is 19.9 Å². The molecule has 0 aliphatic heterocycles. The second-order valence-electron chi connectivity index (χ2n) is 5.86. The molecule has 0 heterocycles. The SMILES string of the molecule is CCN[C@H](C)CNC(=O)c1ccc(NC(=O)c2cc(Cl)cc(Cl)c2)cc1.Cl. The quantitative estimate of drug-likeness (QED) is 0.610. The van der Waals surface area contributed by atoms with Crippen molar-refractivity contribution in [1.82, 2.24) is 10.6 Å². The number of halogens is 3. The lowest BCUT2D eigenvalue weighted by Crippen LogP contribution is -2.38. The zero-order chi connectivity index (χ0) is 19.1. The van der Waals surface area contributed by atoms with E-state index in [0.29, 0.717) is 33.4 Å². The first-order chi connectivity index (χ1) is 12.4. The zero-order valence-corrected chi connectivity index (χ0v) is 17.3. The van der Waals surface area contributed by atoms with E-state index in [4.69, 9.17) is 23.2 Å². The summed E-state index contributed by atoms with van der Waals surface area (Å²) in [6.07, 6.45) is 0. The Kier molecular flexibility index (Phi) is 9.60. The third-order valence-electron chi connectivity index (χ3n) is 3.65. The number of amides is 2. The van der Waals surface area contributed by atoms with E-state index in [1.54, 1.807) is 30.3 Å². The highest BCUT2D eigenvalue weighted by molar-refractivity contribution is 6.35. The maximum Gasteiger partial charge on any atom is 0.255 e. The molecule has 1 atom stereocenters. The van der Waals surface area contributed by atoms with Crippen LogP contribution in [0, 0.1) is 0 Å². The van der Waals surface area contributed by atoms with Crippen LogP contribution in [0.1, 0.15) is 34.6 Å². The molecule has 2 aromatic rings. The first-order valence-corrected chi connectivity index (χ1v) is 9.03. The maximum absolute atomic E-state index is 12.3. The molecule has 146 valence electrons. The average molecular weight is 431 g/mol. The lowest BCUT2D eigenvalue weighted by molar-refractivity contribution is 0.0949. The van der Waals surface area contributed by atoms with Crippen LogP contribution in [0.25, 0.3) is 0 Å². The molecule has 2 aromatic carbocycles. The van der Waals surface area contributed by atoms with Gasteiger partial charge in [-0.05, 0) is 55.9 Å². The summed E-state index contributed by atoms with van der Waals surface area (Å²) >= 11 is 11.8. The van der Waals surface area contributed by atoms with Crippen LogP contribution in [0.5, 0.6) is 0 Å². The normalized spacial score (nSPS) is 11.3. The topological polar surface area (TPSA) is 70.2 Å². The molecule has 0 aliphatic carbocycles. The standard InChI is InChI=1S/C19H21Cl2N3O2.ClH/c1-3-22-12(2)11-23-18(25)13-4-6-17(7-5-13)24-19(26)14-8-15(20)10-16(21)9-14;/h4-10,12,22H,3,11H2,1-2H3,(H,23,25)(H,24,26);1H/t12-;/m1./s1. The number of anilines is 1. The molecule has 0 fully saturated rings. The molecule has 0 aromatic heterocycles. The summed E-state index contributed by atoms with van der Waals surface area (Å²) in [6, 6.07) is 11.5. The molecule has 0 saturated carbocycles. The molecule has 2 rings (SSSR count). The summed E-state index contributed by atoms with van der Waals surface area (Å²) in [4.78, 5) is 24.4. The minimum atomic E-state index is -0.328. The van der Waals surface area contributed by atoms with Gasteiger partial charge in [0.15, 0.2) is 0 Å². The molecule has 27 heavy (non-hydrogen) atoms. The molecular formula is C19H22Cl3N3O2. The number of carbonyl (C=O) groups excluding carboxylic acids is 2. The first-order valence-electron chi connectivity index (χ1n) is 8.28. The van der Waals surface area contributed by atoms with Crippen LogP contribution < -0.4 is 16.0 Å². The molecule has 0 radical (unpaired) electrons. The van der Waals surface area contributed by atoms with Crippen molar-refractivity contribution in [2.24, 2.45) is 0 Å². The van der Waals surface area contributed by atoms with Crippen molar-refractivity contribution in [3.63, 3.8) is 0 Å².